The summed E-state index contributed by atoms with van der Waals surface area (Å²) in [5.41, 5.74) is 2.59. The highest BCUT2D eigenvalue weighted by Crippen LogP contribution is 2.47. The first-order valence-electron chi connectivity index (χ1n) is 17.3. The van der Waals surface area contributed by atoms with Crippen LogP contribution in [-0.4, -0.2) is 77.7 Å². The monoisotopic (exact) mass is 749 g/mol. The molecule has 4 aromatic rings. The van der Waals surface area contributed by atoms with Gasteiger partial charge in [-0.15, -0.1) is 11.3 Å². The Bertz CT molecular complexity index is 1940. The molecule has 0 bridgehead atoms. The molecule has 3 unspecified atom stereocenters. The fourth-order valence-electron chi connectivity index (χ4n) is 7.26. The Labute approximate surface area is 301 Å². The SMILES string of the molecule is CCCC1CCCN1C=O.CCNc1nc(OC)nc2c(F)c(-c3ccc(F)c4sc(N)c(C#N)c34)c(C(F)(F)F)cc12.FC1CC2CCCN2C1. The van der Waals surface area contributed by atoms with Crippen molar-refractivity contribution in [2.45, 2.75) is 83.2 Å². The fraction of sp³-hybridized carbons (Fsp3) is 0.500. The molecule has 3 fully saturated rings. The molecule has 5 heterocycles. The van der Waals surface area contributed by atoms with Crippen molar-refractivity contribution in [3.8, 4) is 23.2 Å². The predicted octanol–water partition coefficient (Wildman–Crippen LogP) is 8.30. The predicted molar refractivity (Wildman–Crippen MR) is 190 cm³/mol. The largest absolute Gasteiger partial charge is 0.467 e. The highest BCUT2D eigenvalue weighted by Gasteiger charge is 2.38. The van der Waals surface area contributed by atoms with Crippen molar-refractivity contribution in [2.24, 2.45) is 0 Å². The number of nitriles is 1. The van der Waals surface area contributed by atoms with Crippen LogP contribution >= 0.6 is 11.3 Å². The quantitative estimate of drug-likeness (QED) is 0.143. The van der Waals surface area contributed by atoms with E-state index < -0.39 is 40.6 Å². The van der Waals surface area contributed by atoms with E-state index in [1.54, 1.807) is 13.0 Å². The Balaban J connectivity index is 0.000000221. The molecule has 0 spiro atoms. The van der Waals surface area contributed by atoms with Gasteiger partial charge >= 0.3 is 12.2 Å². The van der Waals surface area contributed by atoms with Crippen molar-refractivity contribution in [1.82, 2.24) is 19.8 Å². The third-order valence-corrected chi connectivity index (χ3v) is 10.6. The Hall–Kier alpha value is -4.36. The third-order valence-electron chi connectivity index (χ3n) is 9.58. The minimum atomic E-state index is -5.00. The van der Waals surface area contributed by atoms with Crippen LogP contribution in [0.4, 0.5) is 37.2 Å². The number of anilines is 2. The summed E-state index contributed by atoms with van der Waals surface area (Å²) >= 11 is 0.698. The van der Waals surface area contributed by atoms with Gasteiger partial charge in [0.15, 0.2) is 5.82 Å². The lowest BCUT2D eigenvalue weighted by atomic mass is 9.92. The van der Waals surface area contributed by atoms with Crippen LogP contribution in [0.3, 0.4) is 0 Å². The first kappa shape index (κ1) is 38.9. The number of fused-ring (bicyclic) bond motifs is 3. The fourth-order valence-corrected chi connectivity index (χ4v) is 8.21. The Morgan fingerprint density at radius 1 is 1.17 bits per heavy atom. The van der Waals surface area contributed by atoms with Gasteiger partial charge in [0, 0.05) is 48.1 Å². The molecule has 0 saturated carbocycles. The van der Waals surface area contributed by atoms with Gasteiger partial charge < -0.3 is 20.7 Å². The van der Waals surface area contributed by atoms with Crippen LogP contribution < -0.4 is 15.8 Å². The van der Waals surface area contributed by atoms with E-state index >= 15 is 4.39 Å². The Kier molecular flexibility index (Phi) is 12.4. The molecule has 3 N–H and O–H groups in total. The molecular weight excluding hydrogens is 708 g/mol. The molecule has 1 amide bonds. The van der Waals surface area contributed by atoms with Crippen LogP contribution in [0.25, 0.3) is 32.1 Å². The third kappa shape index (κ3) is 8.00. The van der Waals surface area contributed by atoms with Crippen LogP contribution in [0.1, 0.15) is 69.9 Å². The van der Waals surface area contributed by atoms with Gasteiger partial charge in [0.1, 0.15) is 34.4 Å². The standard InChI is InChI=1S/C21H14F5N5OS.C8H15NO.C7H12FN/c1-3-29-19-9-6-11(21(24,25)26)14(15(23)16(9)30-20(31-19)32-2)8-4-5-12(22)17-13(8)10(7-27)18(28)33-17;1-2-4-8-5-3-6-9(8)7-10;8-6-4-7-2-1-3-9(7)5-6/h4-6H,3,28H2,1-2H3,(H,29,30,31);7-8H,2-6H2,1H3;6-7H,1-5H2. The summed E-state index contributed by atoms with van der Waals surface area (Å²) in [5.74, 6) is -2.15. The molecule has 3 atom stereocenters. The zero-order valence-corrected chi connectivity index (χ0v) is 29.9. The topological polar surface area (TPSA) is 120 Å². The minimum Gasteiger partial charge on any atom is -0.467 e. The number of methoxy groups -OCH3 is 1. The van der Waals surface area contributed by atoms with E-state index in [1.807, 2.05) is 4.90 Å². The molecule has 16 heteroatoms. The molecule has 7 rings (SSSR count). The number of hydrogen-bond donors (Lipinski definition) is 2. The lowest BCUT2D eigenvalue weighted by molar-refractivity contribution is -0.137. The number of nitrogens with two attached hydrogens (primary N) is 1. The van der Waals surface area contributed by atoms with Crippen molar-refractivity contribution in [3.63, 3.8) is 0 Å². The first-order valence-corrected chi connectivity index (χ1v) is 18.1. The number of rotatable bonds is 7. The van der Waals surface area contributed by atoms with E-state index in [4.69, 9.17) is 10.5 Å². The van der Waals surface area contributed by atoms with Crippen LogP contribution in [0.2, 0.25) is 0 Å². The Morgan fingerprint density at radius 2 is 1.92 bits per heavy atom. The second-order valence-electron chi connectivity index (χ2n) is 12.9. The smallest absolute Gasteiger partial charge is 0.417 e. The summed E-state index contributed by atoms with van der Waals surface area (Å²) < 4.78 is 90.2. The number of carbonyl (C=O) groups excluding carboxylic acids is 1. The Morgan fingerprint density at radius 3 is 2.56 bits per heavy atom. The number of benzene rings is 2. The maximum Gasteiger partial charge on any atom is 0.417 e. The van der Waals surface area contributed by atoms with Crippen molar-refractivity contribution >= 4 is 49.6 Å². The van der Waals surface area contributed by atoms with Gasteiger partial charge in [0.25, 0.3) is 0 Å². The molecule has 2 aromatic heterocycles. The second kappa shape index (κ2) is 16.5. The van der Waals surface area contributed by atoms with Gasteiger partial charge in [-0.1, -0.05) is 19.4 Å². The van der Waals surface area contributed by atoms with Gasteiger partial charge in [0.05, 0.1) is 22.9 Å². The summed E-state index contributed by atoms with van der Waals surface area (Å²) in [7, 11) is 1.23. The maximum absolute atomic E-state index is 15.9. The van der Waals surface area contributed by atoms with Crippen LogP contribution in [-0.2, 0) is 11.0 Å². The molecule has 3 aliphatic rings. The number of amides is 1. The lowest BCUT2D eigenvalue weighted by Gasteiger charge is -2.18. The summed E-state index contributed by atoms with van der Waals surface area (Å²) in [6.07, 6.45) is 3.59. The van der Waals surface area contributed by atoms with Gasteiger partial charge in [-0.25, -0.2) is 13.2 Å². The molecular formula is C36H41F6N7O2S. The van der Waals surface area contributed by atoms with Gasteiger partial charge in [-0.05, 0) is 69.7 Å². The van der Waals surface area contributed by atoms with E-state index in [0.717, 1.165) is 44.1 Å². The number of carbonyl (C=O) groups is 1. The number of hydrogen-bond acceptors (Lipinski definition) is 9. The molecule has 9 nitrogen and oxygen atoms in total. The first-order chi connectivity index (χ1) is 24.9. The van der Waals surface area contributed by atoms with E-state index in [0.29, 0.717) is 30.0 Å². The molecule has 52 heavy (non-hydrogen) atoms. The number of halogens is 6. The summed E-state index contributed by atoms with van der Waals surface area (Å²) in [6, 6.07) is 5.31. The average molecular weight is 750 g/mol. The average Bonchev–Trinajstić information content (AvgIpc) is 3.90. The number of thiophene rings is 1. The van der Waals surface area contributed by atoms with E-state index in [2.05, 4.69) is 27.1 Å². The number of alkyl halides is 4. The van der Waals surface area contributed by atoms with Gasteiger partial charge in [-0.3, -0.25) is 9.69 Å². The zero-order chi connectivity index (χ0) is 37.7. The molecule has 0 radical (unpaired) electrons. The van der Waals surface area contributed by atoms with Crippen LogP contribution in [0.5, 0.6) is 6.01 Å². The normalized spacial score (nSPS) is 19.8. The van der Waals surface area contributed by atoms with Crippen molar-refractivity contribution < 1.29 is 35.9 Å². The van der Waals surface area contributed by atoms with Crippen molar-refractivity contribution in [3.05, 3.63) is 41.0 Å². The summed E-state index contributed by atoms with van der Waals surface area (Å²) in [4.78, 5) is 22.5. The van der Waals surface area contributed by atoms with Crippen LogP contribution in [0.15, 0.2) is 18.2 Å². The highest BCUT2D eigenvalue weighted by atomic mass is 32.1. The molecule has 0 aliphatic carbocycles. The second-order valence-corrected chi connectivity index (χ2v) is 14.0. The van der Waals surface area contributed by atoms with E-state index in [9.17, 15) is 32.0 Å². The van der Waals surface area contributed by atoms with Crippen molar-refractivity contribution in [2.75, 3.05) is 44.3 Å². The van der Waals surface area contributed by atoms with E-state index in [-0.39, 0.29) is 50.0 Å². The number of nitrogens with zero attached hydrogens (tertiary/aromatic N) is 5. The van der Waals surface area contributed by atoms with Crippen molar-refractivity contribution in [1.29, 1.82) is 5.26 Å². The number of nitrogens with one attached hydrogen (secondary N) is 1. The number of likely N-dealkylation sites (tertiary alicyclic amines) is 1. The maximum atomic E-state index is 15.9. The number of nitrogen functional groups attached to an aromatic ring is 1. The molecule has 3 aliphatic heterocycles. The minimum absolute atomic E-state index is 0.0444. The summed E-state index contributed by atoms with van der Waals surface area (Å²) in [5, 5.41) is 11.8. The molecule has 280 valence electrons. The lowest BCUT2D eigenvalue weighted by Crippen LogP contribution is -2.27. The van der Waals surface area contributed by atoms with Gasteiger partial charge in [0.2, 0.25) is 6.41 Å². The van der Waals surface area contributed by atoms with Crippen LogP contribution in [0, 0.1) is 23.0 Å². The van der Waals surface area contributed by atoms with Gasteiger partial charge in [-0.2, -0.15) is 28.4 Å². The molecule has 2 aromatic carbocycles. The zero-order valence-electron chi connectivity index (χ0n) is 29.1. The number of aromatic nitrogens is 2. The number of ether oxygens (including phenoxy) is 1. The summed E-state index contributed by atoms with van der Waals surface area (Å²) in [6.45, 7) is 6.99. The highest BCUT2D eigenvalue weighted by molar-refractivity contribution is 7.23. The van der Waals surface area contributed by atoms with E-state index in [1.165, 1.54) is 45.6 Å². The molecule has 3 saturated heterocycles.